The summed E-state index contributed by atoms with van der Waals surface area (Å²) in [6.45, 7) is 2.42. The number of rotatable bonds is 3. The second-order valence-corrected chi connectivity index (χ2v) is 5.90. The van der Waals surface area contributed by atoms with Crippen LogP contribution < -0.4 is 5.73 Å². The van der Waals surface area contributed by atoms with E-state index < -0.39 is 5.97 Å². The maximum atomic E-state index is 10.9. The van der Waals surface area contributed by atoms with Crippen LogP contribution in [0.2, 0.25) is 0 Å². The van der Waals surface area contributed by atoms with Gasteiger partial charge in [-0.25, -0.2) is 14.8 Å². The van der Waals surface area contributed by atoms with Gasteiger partial charge in [-0.15, -0.1) is 11.3 Å². The average molecular weight is 290 g/mol. The van der Waals surface area contributed by atoms with Crippen molar-refractivity contribution in [1.82, 2.24) is 14.9 Å². The van der Waals surface area contributed by atoms with Gasteiger partial charge in [0.1, 0.15) is 4.88 Å². The number of hydrogen-bond acceptors (Lipinski definition) is 6. The number of hydrogen-bond donors (Lipinski definition) is 2. The number of anilines is 1. The Morgan fingerprint density at radius 1 is 1.50 bits per heavy atom. The summed E-state index contributed by atoms with van der Waals surface area (Å²) >= 11 is 1.33. The van der Waals surface area contributed by atoms with Crippen molar-refractivity contribution in [2.45, 2.75) is 19.5 Å². The summed E-state index contributed by atoms with van der Waals surface area (Å²) in [5, 5.41) is 8.93. The summed E-state index contributed by atoms with van der Waals surface area (Å²) in [4.78, 5) is 22.8. The molecule has 0 amide bonds. The molecule has 0 radical (unpaired) electrons. The minimum absolute atomic E-state index is 0.321. The molecule has 1 aliphatic heterocycles. The Morgan fingerprint density at radius 3 is 3.10 bits per heavy atom. The average Bonchev–Trinajstić information content (AvgIpc) is 2.88. The molecule has 0 aliphatic carbocycles. The highest BCUT2D eigenvalue weighted by molar-refractivity contribution is 7.13. The number of thiophene rings is 1. The lowest BCUT2D eigenvalue weighted by Gasteiger charge is -2.27. The summed E-state index contributed by atoms with van der Waals surface area (Å²) in [5.74, 6) is -0.546. The van der Waals surface area contributed by atoms with Gasteiger partial charge in [0, 0.05) is 42.7 Å². The van der Waals surface area contributed by atoms with E-state index in [4.69, 9.17) is 10.8 Å². The predicted molar refractivity (Wildman–Crippen MR) is 75.5 cm³/mol. The first-order valence-corrected chi connectivity index (χ1v) is 7.08. The van der Waals surface area contributed by atoms with Gasteiger partial charge in [-0.1, -0.05) is 0 Å². The first kappa shape index (κ1) is 13.0. The lowest BCUT2D eigenvalue weighted by molar-refractivity contribution is 0.0702. The van der Waals surface area contributed by atoms with E-state index in [1.165, 1.54) is 11.3 Å². The predicted octanol–water partition coefficient (Wildman–Crippen LogP) is 1.38. The highest BCUT2D eigenvalue weighted by Crippen LogP contribution is 2.22. The van der Waals surface area contributed by atoms with Crippen molar-refractivity contribution in [2.75, 3.05) is 12.3 Å². The number of carboxylic acid groups (broad SMARTS) is 1. The molecule has 0 saturated carbocycles. The summed E-state index contributed by atoms with van der Waals surface area (Å²) in [7, 11) is 0. The Labute approximate surface area is 119 Å². The molecule has 3 N–H and O–H groups in total. The summed E-state index contributed by atoms with van der Waals surface area (Å²) in [5.41, 5.74) is 7.70. The van der Waals surface area contributed by atoms with Crippen molar-refractivity contribution in [1.29, 1.82) is 0 Å². The van der Waals surface area contributed by atoms with Crippen LogP contribution in [-0.2, 0) is 19.5 Å². The zero-order valence-corrected chi connectivity index (χ0v) is 11.6. The molecule has 7 heteroatoms. The van der Waals surface area contributed by atoms with E-state index in [2.05, 4.69) is 14.9 Å². The van der Waals surface area contributed by atoms with Crippen LogP contribution >= 0.6 is 11.3 Å². The van der Waals surface area contributed by atoms with Gasteiger partial charge >= 0.3 is 5.97 Å². The summed E-state index contributed by atoms with van der Waals surface area (Å²) in [6.07, 6.45) is 2.63. The SMILES string of the molecule is Nc1ncc2c(n1)CCN(Cc1ccc(C(=O)O)s1)C2. The van der Waals surface area contributed by atoms with Crippen LogP contribution in [0, 0.1) is 0 Å². The van der Waals surface area contributed by atoms with E-state index in [0.29, 0.717) is 10.8 Å². The number of nitrogens with zero attached hydrogens (tertiary/aromatic N) is 3. The molecular weight excluding hydrogens is 276 g/mol. The molecule has 3 rings (SSSR count). The van der Waals surface area contributed by atoms with Crippen LogP contribution in [0.4, 0.5) is 5.95 Å². The second kappa shape index (κ2) is 5.18. The number of nitrogens with two attached hydrogens (primary N) is 1. The Hall–Kier alpha value is -1.99. The van der Waals surface area contributed by atoms with Crippen molar-refractivity contribution < 1.29 is 9.90 Å². The lowest BCUT2D eigenvalue weighted by Crippen LogP contribution is -2.30. The first-order valence-electron chi connectivity index (χ1n) is 6.26. The van der Waals surface area contributed by atoms with Crippen LogP contribution in [0.15, 0.2) is 18.3 Å². The molecule has 0 spiro atoms. The molecule has 2 aromatic heterocycles. The van der Waals surface area contributed by atoms with Crippen LogP contribution in [-0.4, -0.2) is 32.5 Å². The maximum Gasteiger partial charge on any atom is 0.345 e. The van der Waals surface area contributed by atoms with Crippen molar-refractivity contribution >= 4 is 23.3 Å². The zero-order chi connectivity index (χ0) is 14.1. The topological polar surface area (TPSA) is 92.3 Å². The zero-order valence-electron chi connectivity index (χ0n) is 10.7. The van der Waals surface area contributed by atoms with E-state index in [-0.39, 0.29) is 0 Å². The highest BCUT2D eigenvalue weighted by Gasteiger charge is 2.19. The third-order valence-corrected chi connectivity index (χ3v) is 4.34. The van der Waals surface area contributed by atoms with Crippen molar-refractivity contribution in [3.05, 3.63) is 39.3 Å². The van der Waals surface area contributed by atoms with Gasteiger partial charge in [0.25, 0.3) is 0 Å². The summed E-state index contributed by atoms with van der Waals surface area (Å²) in [6, 6.07) is 3.53. The Kier molecular flexibility index (Phi) is 3.37. The Balaban J connectivity index is 1.70. The molecule has 0 fully saturated rings. The van der Waals surface area contributed by atoms with Crippen molar-refractivity contribution in [3.8, 4) is 0 Å². The molecule has 3 heterocycles. The van der Waals surface area contributed by atoms with Gasteiger partial charge in [0.15, 0.2) is 0 Å². The Morgan fingerprint density at radius 2 is 2.35 bits per heavy atom. The quantitative estimate of drug-likeness (QED) is 0.887. The summed E-state index contributed by atoms with van der Waals surface area (Å²) < 4.78 is 0. The number of fused-ring (bicyclic) bond motifs is 1. The molecule has 104 valence electrons. The third kappa shape index (κ3) is 2.63. The van der Waals surface area contributed by atoms with E-state index in [9.17, 15) is 4.79 Å². The fourth-order valence-corrected chi connectivity index (χ4v) is 3.21. The number of carbonyl (C=O) groups is 1. The van der Waals surface area contributed by atoms with E-state index in [1.54, 1.807) is 12.3 Å². The van der Waals surface area contributed by atoms with E-state index in [0.717, 1.165) is 42.2 Å². The number of nitrogen functional groups attached to an aromatic ring is 1. The molecule has 0 saturated heterocycles. The molecule has 6 nitrogen and oxygen atoms in total. The van der Waals surface area contributed by atoms with Gasteiger partial charge in [-0.2, -0.15) is 0 Å². The molecule has 0 bridgehead atoms. The molecule has 0 unspecified atom stereocenters. The van der Waals surface area contributed by atoms with Crippen LogP contribution in [0.1, 0.15) is 25.8 Å². The highest BCUT2D eigenvalue weighted by atomic mass is 32.1. The molecule has 0 aromatic carbocycles. The maximum absolute atomic E-state index is 10.9. The number of aromatic carboxylic acids is 1. The molecular formula is C13H14N4O2S. The number of aromatic nitrogens is 2. The molecule has 1 aliphatic rings. The smallest absolute Gasteiger partial charge is 0.345 e. The van der Waals surface area contributed by atoms with E-state index in [1.807, 2.05) is 6.07 Å². The Bertz CT molecular complexity index is 656. The fraction of sp³-hybridized carbons (Fsp3) is 0.308. The van der Waals surface area contributed by atoms with Gasteiger partial charge in [0.05, 0.1) is 5.69 Å². The van der Waals surface area contributed by atoms with Gasteiger partial charge in [-0.05, 0) is 12.1 Å². The minimum atomic E-state index is -0.867. The van der Waals surface area contributed by atoms with Gasteiger partial charge in [-0.3, -0.25) is 4.90 Å². The molecule has 20 heavy (non-hydrogen) atoms. The third-order valence-electron chi connectivity index (χ3n) is 3.28. The monoisotopic (exact) mass is 290 g/mol. The van der Waals surface area contributed by atoms with Gasteiger partial charge < -0.3 is 10.8 Å². The standard InChI is InChI=1S/C13H14N4O2S/c14-13-15-5-8-6-17(4-3-10(8)16-13)7-9-1-2-11(20-9)12(18)19/h1-2,5H,3-4,6-7H2,(H,18,19)(H2,14,15,16). The van der Waals surface area contributed by atoms with Crippen LogP contribution in [0.5, 0.6) is 0 Å². The number of carboxylic acids is 1. The van der Waals surface area contributed by atoms with Crippen LogP contribution in [0.3, 0.4) is 0 Å². The molecule has 0 atom stereocenters. The minimum Gasteiger partial charge on any atom is -0.477 e. The van der Waals surface area contributed by atoms with Crippen molar-refractivity contribution in [3.63, 3.8) is 0 Å². The first-order chi connectivity index (χ1) is 9.61. The lowest BCUT2D eigenvalue weighted by atomic mass is 10.1. The second-order valence-electron chi connectivity index (χ2n) is 4.73. The van der Waals surface area contributed by atoms with Crippen LogP contribution in [0.25, 0.3) is 0 Å². The normalized spacial score (nSPS) is 15.0. The van der Waals surface area contributed by atoms with Gasteiger partial charge in [0.2, 0.25) is 5.95 Å². The van der Waals surface area contributed by atoms with Crippen molar-refractivity contribution in [2.24, 2.45) is 0 Å². The van der Waals surface area contributed by atoms with E-state index >= 15 is 0 Å². The largest absolute Gasteiger partial charge is 0.477 e. The molecule has 2 aromatic rings. The fourth-order valence-electron chi connectivity index (χ4n) is 2.32.